The Bertz CT molecular complexity index is 473. The summed E-state index contributed by atoms with van der Waals surface area (Å²) in [5, 5.41) is 13.7. The Hall–Kier alpha value is -1.19. The van der Waals surface area contributed by atoms with Gasteiger partial charge in [-0.15, -0.1) is 5.10 Å². The lowest BCUT2D eigenvalue weighted by atomic mass is 10.3. The number of hydrogen-bond donors (Lipinski definition) is 3. The summed E-state index contributed by atoms with van der Waals surface area (Å²) in [6.07, 6.45) is 1.02. The molecule has 1 unspecified atom stereocenters. The molecule has 0 saturated heterocycles. The van der Waals surface area contributed by atoms with Crippen LogP contribution in [0.15, 0.2) is 4.42 Å². The number of nitrogens with zero attached hydrogens (tertiary/aromatic N) is 2. The summed E-state index contributed by atoms with van der Waals surface area (Å²) in [4.78, 5) is 0. The van der Waals surface area contributed by atoms with E-state index in [1.165, 1.54) is 7.05 Å². The van der Waals surface area contributed by atoms with E-state index in [-0.39, 0.29) is 24.4 Å². The van der Waals surface area contributed by atoms with E-state index in [1.807, 2.05) is 6.92 Å². The van der Waals surface area contributed by atoms with Crippen molar-refractivity contribution in [3.8, 4) is 0 Å². The van der Waals surface area contributed by atoms with E-state index in [0.717, 1.165) is 13.0 Å². The van der Waals surface area contributed by atoms with Crippen LogP contribution in [-0.4, -0.2) is 44.5 Å². The summed E-state index contributed by atoms with van der Waals surface area (Å²) in [6, 6.07) is 0.204. The zero-order valence-corrected chi connectivity index (χ0v) is 12.2. The molecular formula is C10H21N5O3S. The zero-order valence-electron chi connectivity index (χ0n) is 11.4. The molecule has 1 aromatic heterocycles. The van der Waals surface area contributed by atoms with Crippen LogP contribution in [0.25, 0.3) is 0 Å². The van der Waals surface area contributed by atoms with Crippen molar-refractivity contribution in [1.82, 2.24) is 20.2 Å². The summed E-state index contributed by atoms with van der Waals surface area (Å²) in [7, 11) is -1.85. The van der Waals surface area contributed by atoms with Crippen LogP contribution in [0.5, 0.6) is 0 Å². The maximum Gasteiger partial charge on any atom is 0.315 e. The quantitative estimate of drug-likeness (QED) is 0.591. The summed E-state index contributed by atoms with van der Waals surface area (Å²) in [6.45, 7) is 5.08. The number of rotatable bonds is 9. The Morgan fingerprint density at radius 3 is 2.68 bits per heavy atom. The molecule has 0 saturated carbocycles. The Morgan fingerprint density at radius 1 is 1.32 bits per heavy atom. The van der Waals surface area contributed by atoms with Crippen molar-refractivity contribution in [2.45, 2.75) is 26.3 Å². The minimum atomic E-state index is -3.23. The number of sulfonamides is 1. The molecule has 1 aromatic rings. The molecule has 0 aliphatic heterocycles. The monoisotopic (exact) mass is 291 g/mol. The van der Waals surface area contributed by atoms with E-state index in [2.05, 4.69) is 32.5 Å². The van der Waals surface area contributed by atoms with Crippen LogP contribution >= 0.6 is 0 Å². The van der Waals surface area contributed by atoms with Gasteiger partial charge in [0.05, 0.1) is 11.8 Å². The zero-order chi connectivity index (χ0) is 14.3. The molecule has 110 valence electrons. The minimum absolute atomic E-state index is 0.0240. The third-order valence-electron chi connectivity index (χ3n) is 2.47. The van der Waals surface area contributed by atoms with E-state index in [9.17, 15) is 8.42 Å². The minimum Gasteiger partial charge on any atom is -0.406 e. The van der Waals surface area contributed by atoms with Crippen LogP contribution in [0.1, 0.15) is 32.2 Å². The van der Waals surface area contributed by atoms with Gasteiger partial charge in [-0.05, 0) is 26.9 Å². The Labute approximate surface area is 113 Å². The van der Waals surface area contributed by atoms with Crippen molar-refractivity contribution in [3.05, 3.63) is 5.89 Å². The van der Waals surface area contributed by atoms with Crippen molar-refractivity contribution < 1.29 is 12.8 Å². The molecule has 1 heterocycles. The van der Waals surface area contributed by atoms with Gasteiger partial charge in [-0.25, -0.2) is 13.1 Å². The number of aromatic nitrogens is 2. The van der Waals surface area contributed by atoms with Gasteiger partial charge in [0.1, 0.15) is 0 Å². The van der Waals surface area contributed by atoms with Crippen LogP contribution in [-0.2, 0) is 10.0 Å². The molecule has 0 bridgehead atoms. The van der Waals surface area contributed by atoms with Crippen LogP contribution in [0.3, 0.4) is 0 Å². The van der Waals surface area contributed by atoms with Gasteiger partial charge in [0, 0.05) is 6.54 Å². The predicted molar refractivity (Wildman–Crippen MR) is 72.3 cm³/mol. The van der Waals surface area contributed by atoms with E-state index in [0.29, 0.717) is 5.89 Å². The first-order valence-corrected chi connectivity index (χ1v) is 7.85. The molecule has 0 aliphatic rings. The van der Waals surface area contributed by atoms with Crippen molar-refractivity contribution in [3.63, 3.8) is 0 Å². The molecule has 19 heavy (non-hydrogen) atoms. The smallest absolute Gasteiger partial charge is 0.315 e. The lowest BCUT2D eigenvalue weighted by Gasteiger charge is -2.07. The highest BCUT2D eigenvalue weighted by Gasteiger charge is 2.13. The van der Waals surface area contributed by atoms with Crippen LogP contribution < -0.4 is 15.4 Å². The third kappa shape index (κ3) is 5.53. The second kappa shape index (κ2) is 7.41. The first-order valence-electron chi connectivity index (χ1n) is 6.20. The fourth-order valence-electron chi connectivity index (χ4n) is 1.32. The van der Waals surface area contributed by atoms with Gasteiger partial charge in [-0.1, -0.05) is 12.0 Å². The van der Waals surface area contributed by atoms with Gasteiger partial charge < -0.3 is 15.1 Å². The molecule has 0 aromatic carbocycles. The van der Waals surface area contributed by atoms with Gasteiger partial charge in [0.15, 0.2) is 0 Å². The first-order chi connectivity index (χ1) is 8.98. The Balaban J connectivity index is 2.42. The van der Waals surface area contributed by atoms with Crippen LogP contribution in [0.4, 0.5) is 6.01 Å². The van der Waals surface area contributed by atoms with Gasteiger partial charge in [-0.3, -0.25) is 0 Å². The lowest BCUT2D eigenvalue weighted by Crippen LogP contribution is -2.26. The molecule has 0 fully saturated rings. The summed E-state index contributed by atoms with van der Waals surface area (Å²) >= 11 is 0. The number of nitrogens with one attached hydrogen (secondary N) is 3. The average molecular weight is 291 g/mol. The first kappa shape index (κ1) is 15.9. The molecule has 9 heteroatoms. The topological polar surface area (TPSA) is 109 Å². The standard InChI is InChI=1S/C10H21N5O3S/c1-4-5-12-8(2)9-14-15-10(18-9)13-6-7-19(16,17)11-3/h8,11-12H,4-7H2,1-3H3,(H,13,15). The molecule has 0 amide bonds. The van der Waals surface area contributed by atoms with E-state index in [1.54, 1.807) is 0 Å². The lowest BCUT2D eigenvalue weighted by molar-refractivity contribution is 0.423. The van der Waals surface area contributed by atoms with E-state index < -0.39 is 10.0 Å². The fourth-order valence-corrected chi connectivity index (χ4v) is 1.90. The highest BCUT2D eigenvalue weighted by molar-refractivity contribution is 7.89. The second-order valence-corrected chi connectivity index (χ2v) is 6.12. The van der Waals surface area contributed by atoms with Gasteiger partial charge >= 0.3 is 6.01 Å². The molecule has 1 rings (SSSR count). The highest BCUT2D eigenvalue weighted by atomic mass is 32.2. The molecule has 0 aliphatic carbocycles. The molecule has 0 radical (unpaired) electrons. The average Bonchev–Trinajstić information content (AvgIpc) is 2.84. The largest absolute Gasteiger partial charge is 0.406 e. The number of anilines is 1. The SMILES string of the molecule is CCCNC(C)c1nnc(NCCS(=O)(=O)NC)o1. The van der Waals surface area contributed by atoms with Crippen molar-refractivity contribution in [2.75, 3.05) is 31.2 Å². The summed E-state index contributed by atoms with van der Waals surface area (Å²) < 4.78 is 30.0. The number of hydrogen-bond acceptors (Lipinski definition) is 7. The molecule has 1 atom stereocenters. The molecule has 3 N–H and O–H groups in total. The fraction of sp³-hybridized carbons (Fsp3) is 0.800. The highest BCUT2D eigenvalue weighted by Crippen LogP contribution is 2.13. The van der Waals surface area contributed by atoms with Gasteiger partial charge in [0.2, 0.25) is 15.9 Å². The van der Waals surface area contributed by atoms with Crippen molar-refractivity contribution in [1.29, 1.82) is 0 Å². The van der Waals surface area contributed by atoms with Crippen molar-refractivity contribution in [2.24, 2.45) is 0 Å². The maximum absolute atomic E-state index is 11.2. The molecular weight excluding hydrogens is 270 g/mol. The second-order valence-electron chi connectivity index (χ2n) is 4.07. The van der Waals surface area contributed by atoms with E-state index >= 15 is 0 Å². The summed E-state index contributed by atoms with van der Waals surface area (Å²) in [5.41, 5.74) is 0. The maximum atomic E-state index is 11.2. The predicted octanol–water partition coefficient (Wildman–Crippen LogP) is 0.0913. The van der Waals surface area contributed by atoms with Crippen LogP contribution in [0, 0.1) is 0 Å². The Morgan fingerprint density at radius 2 is 2.05 bits per heavy atom. The normalized spacial score (nSPS) is 13.4. The van der Waals surface area contributed by atoms with Gasteiger partial charge in [0.25, 0.3) is 0 Å². The van der Waals surface area contributed by atoms with Gasteiger partial charge in [-0.2, -0.15) is 0 Å². The van der Waals surface area contributed by atoms with Crippen molar-refractivity contribution >= 4 is 16.0 Å². The molecule has 0 spiro atoms. The molecule has 8 nitrogen and oxygen atoms in total. The summed E-state index contributed by atoms with van der Waals surface area (Å²) in [5.74, 6) is 0.428. The third-order valence-corrected chi connectivity index (χ3v) is 3.83. The van der Waals surface area contributed by atoms with Crippen LogP contribution in [0.2, 0.25) is 0 Å². The Kier molecular flexibility index (Phi) is 6.19. The van der Waals surface area contributed by atoms with E-state index in [4.69, 9.17) is 4.42 Å².